The maximum Gasteiger partial charge on any atom is 0.276 e. The van der Waals surface area contributed by atoms with Crippen molar-refractivity contribution in [2.24, 2.45) is 0 Å². The molecule has 0 saturated heterocycles. The van der Waals surface area contributed by atoms with E-state index in [0.717, 1.165) is 39.4 Å². The Morgan fingerprint density at radius 3 is 2.70 bits per heavy atom. The lowest BCUT2D eigenvalue weighted by atomic mass is 9.95. The molecule has 1 spiro atoms. The summed E-state index contributed by atoms with van der Waals surface area (Å²) in [5, 5.41) is 7.07. The Morgan fingerprint density at radius 2 is 1.78 bits per heavy atom. The third kappa shape index (κ3) is 1.74. The zero-order chi connectivity index (χ0) is 18.2. The summed E-state index contributed by atoms with van der Waals surface area (Å²) in [7, 11) is 0. The second kappa shape index (κ2) is 4.90. The van der Waals surface area contributed by atoms with Crippen LogP contribution in [0.3, 0.4) is 0 Å². The van der Waals surface area contributed by atoms with Gasteiger partial charge in [0.2, 0.25) is 5.66 Å². The summed E-state index contributed by atoms with van der Waals surface area (Å²) in [6.07, 6.45) is 0. The number of amides is 1. The lowest BCUT2D eigenvalue weighted by molar-refractivity contribution is -0.120. The van der Waals surface area contributed by atoms with E-state index >= 15 is 0 Å². The number of anilines is 2. The van der Waals surface area contributed by atoms with Crippen molar-refractivity contribution < 1.29 is 4.79 Å². The highest BCUT2D eigenvalue weighted by atomic mass is 35.5. The second-order valence-electron chi connectivity index (χ2n) is 6.78. The van der Waals surface area contributed by atoms with Crippen molar-refractivity contribution >= 4 is 39.9 Å². The number of halogens is 1. The Hall–Kier alpha value is -3.31. The van der Waals surface area contributed by atoms with Crippen LogP contribution in [0.1, 0.15) is 5.56 Å². The standard InChI is InChI=1S/C21H13ClN4O/c22-12-9-10-16-14(11-12)21(20(27)24-16)25-15-6-2-1-5-13(15)19-23-17-7-3-4-8-18(17)26(19)21/h1-11,25H,(H,24,27)/t21-/m0/s1. The molecule has 0 aliphatic carbocycles. The van der Waals surface area contributed by atoms with Crippen LogP contribution in [0.25, 0.3) is 22.4 Å². The van der Waals surface area contributed by atoms with Gasteiger partial charge in [-0.05, 0) is 42.5 Å². The molecule has 4 aromatic rings. The van der Waals surface area contributed by atoms with E-state index in [-0.39, 0.29) is 5.91 Å². The van der Waals surface area contributed by atoms with Gasteiger partial charge in [-0.2, -0.15) is 0 Å². The molecule has 130 valence electrons. The zero-order valence-electron chi connectivity index (χ0n) is 14.0. The lowest BCUT2D eigenvalue weighted by Gasteiger charge is -2.37. The van der Waals surface area contributed by atoms with Crippen LogP contribution in [0.2, 0.25) is 5.02 Å². The van der Waals surface area contributed by atoms with Crippen molar-refractivity contribution in [3.63, 3.8) is 0 Å². The number of para-hydroxylation sites is 3. The van der Waals surface area contributed by atoms with Gasteiger partial charge >= 0.3 is 0 Å². The summed E-state index contributed by atoms with van der Waals surface area (Å²) in [6.45, 7) is 0. The summed E-state index contributed by atoms with van der Waals surface area (Å²) in [6, 6.07) is 21.2. The Labute approximate surface area is 159 Å². The highest BCUT2D eigenvalue weighted by Gasteiger charge is 2.53. The topological polar surface area (TPSA) is 59.0 Å². The molecule has 3 aromatic carbocycles. The van der Waals surface area contributed by atoms with Gasteiger partial charge in [0.25, 0.3) is 5.91 Å². The zero-order valence-corrected chi connectivity index (χ0v) is 14.8. The molecular formula is C21H13ClN4O. The highest BCUT2D eigenvalue weighted by molar-refractivity contribution is 6.31. The third-order valence-corrected chi connectivity index (χ3v) is 5.56. The van der Waals surface area contributed by atoms with Gasteiger partial charge in [-0.1, -0.05) is 35.9 Å². The monoisotopic (exact) mass is 372 g/mol. The normalized spacial score (nSPS) is 19.4. The van der Waals surface area contributed by atoms with Crippen molar-refractivity contribution in [1.82, 2.24) is 9.55 Å². The molecule has 1 amide bonds. The quantitative estimate of drug-likeness (QED) is 0.480. The maximum absolute atomic E-state index is 13.4. The second-order valence-corrected chi connectivity index (χ2v) is 7.22. The smallest absolute Gasteiger partial charge is 0.276 e. The van der Waals surface area contributed by atoms with Crippen LogP contribution in [-0.2, 0) is 10.5 Å². The molecule has 0 unspecified atom stereocenters. The van der Waals surface area contributed by atoms with Crippen LogP contribution in [-0.4, -0.2) is 15.5 Å². The fraction of sp³-hybridized carbons (Fsp3) is 0.0476. The van der Waals surface area contributed by atoms with Crippen molar-refractivity contribution in [3.05, 3.63) is 77.3 Å². The van der Waals surface area contributed by atoms with E-state index in [0.29, 0.717) is 5.02 Å². The van der Waals surface area contributed by atoms with Gasteiger partial charge in [0.1, 0.15) is 5.82 Å². The van der Waals surface area contributed by atoms with Gasteiger partial charge in [0.15, 0.2) is 0 Å². The van der Waals surface area contributed by atoms with Crippen LogP contribution >= 0.6 is 11.6 Å². The Morgan fingerprint density at radius 1 is 0.963 bits per heavy atom. The van der Waals surface area contributed by atoms with Crippen LogP contribution in [0, 0.1) is 0 Å². The van der Waals surface area contributed by atoms with Crippen molar-refractivity contribution in [2.45, 2.75) is 5.66 Å². The average molecular weight is 373 g/mol. The minimum atomic E-state index is -1.14. The van der Waals surface area contributed by atoms with E-state index in [9.17, 15) is 4.79 Å². The molecule has 0 radical (unpaired) electrons. The number of rotatable bonds is 0. The SMILES string of the molecule is O=C1Nc2ccc(Cl)cc2[C@@]12Nc1ccccc1-c1nc3ccccc3n12. The highest BCUT2D eigenvalue weighted by Crippen LogP contribution is 2.49. The molecule has 2 N–H and O–H groups in total. The molecule has 3 heterocycles. The first-order valence-electron chi connectivity index (χ1n) is 8.65. The van der Waals surface area contributed by atoms with Gasteiger partial charge in [0.05, 0.1) is 11.0 Å². The van der Waals surface area contributed by atoms with Crippen LogP contribution in [0.15, 0.2) is 66.7 Å². The number of imidazole rings is 1. The van der Waals surface area contributed by atoms with Crippen LogP contribution in [0.5, 0.6) is 0 Å². The first-order chi connectivity index (χ1) is 13.2. The van der Waals surface area contributed by atoms with E-state index in [1.807, 2.05) is 65.2 Å². The maximum atomic E-state index is 13.4. The number of carbonyl (C=O) groups excluding carboxylic acids is 1. The molecule has 27 heavy (non-hydrogen) atoms. The minimum absolute atomic E-state index is 0.154. The molecule has 2 aliphatic rings. The predicted molar refractivity (Wildman–Crippen MR) is 106 cm³/mol. The lowest BCUT2D eigenvalue weighted by Crippen LogP contribution is -2.50. The van der Waals surface area contributed by atoms with Gasteiger partial charge in [-0.3, -0.25) is 9.36 Å². The van der Waals surface area contributed by atoms with Crippen LogP contribution < -0.4 is 10.6 Å². The number of benzene rings is 3. The molecule has 1 aromatic heterocycles. The molecular weight excluding hydrogens is 360 g/mol. The largest absolute Gasteiger partial charge is 0.350 e. The number of fused-ring (bicyclic) bond motifs is 8. The molecule has 6 rings (SSSR count). The number of carbonyl (C=O) groups is 1. The summed E-state index contributed by atoms with van der Waals surface area (Å²) in [4.78, 5) is 18.2. The molecule has 5 nitrogen and oxygen atoms in total. The van der Waals surface area contributed by atoms with E-state index in [2.05, 4.69) is 10.6 Å². The average Bonchev–Trinajstić information content (AvgIpc) is 3.20. The van der Waals surface area contributed by atoms with E-state index in [1.54, 1.807) is 6.07 Å². The van der Waals surface area contributed by atoms with Gasteiger partial charge < -0.3 is 10.6 Å². The van der Waals surface area contributed by atoms with Gasteiger partial charge in [-0.15, -0.1) is 0 Å². The Balaban J connectivity index is 1.80. The Kier molecular flexibility index (Phi) is 2.69. The molecule has 1 atom stereocenters. The summed E-state index contributed by atoms with van der Waals surface area (Å²) in [5.74, 6) is 0.604. The number of hydrogen-bond donors (Lipinski definition) is 2. The first kappa shape index (κ1) is 14.8. The number of nitrogens with one attached hydrogen (secondary N) is 2. The van der Waals surface area contributed by atoms with Crippen molar-refractivity contribution in [3.8, 4) is 11.4 Å². The van der Waals surface area contributed by atoms with E-state index in [4.69, 9.17) is 16.6 Å². The molecule has 0 fully saturated rings. The number of aromatic nitrogens is 2. The van der Waals surface area contributed by atoms with Gasteiger partial charge in [-0.25, -0.2) is 4.98 Å². The molecule has 6 heteroatoms. The first-order valence-corrected chi connectivity index (χ1v) is 9.03. The third-order valence-electron chi connectivity index (χ3n) is 5.33. The minimum Gasteiger partial charge on any atom is -0.350 e. The summed E-state index contributed by atoms with van der Waals surface area (Å²) >= 11 is 6.30. The summed E-state index contributed by atoms with van der Waals surface area (Å²) in [5.41, 5.74) is 3.95. The van der Waals surface area contributed by atoms with E-state index in [1.165, 1.54) is 0 Å². The van der Waals surface area contributed by atoms with Crippen molar-refractivity contribution in [2.75, 3.05) is 10.6 Å². The van der Waals surface area contributed by atoms with E-state index < -0.39 is 5.66 Å². The van der Waals surface area contributed by atoms with Gasteiger partial charge in [0, 0.05) is 27.5 Å². The predicted octanol–water partition coefficient (Wildman–Crippen LogP) is 4.44. The number of hydrogen-bond acceptors (Lipinski definition) is 3. The molecule has 0 saturated carbocycles. The molecule has 0 bridgehead atoms. The Bertz CT molecular complexity index is 1280. The van der Waals surface area contributed by atoms with Crippen LogP contribution in [0.4, 0.5) is 11.4 Å². The summed E-state index contributed by atoms with van der Waals surface area (Å²) < 4.78 is 1.99. The fourth-order valence-electron chi connectivity index (χ4n) is 4.19. The fourth-order valence-corrected chi connectivity index (χ4v) is 4.36. The molecule has 2 aliphatic heterocycles. The number of nitrogens with zero attached hydrogens (tertiary/aromatic N) is 2. The van der Waals surface area contributed by atoms with Crippen molar-refractivity contribution in [1.29, 1.82) is 0 Å².